The maximum absolute atomic E-state index is 12.4. The number of ether oxygens (including phenoxy) is 1. The molecule has 0 spiro atoms. The topological polar surface area (TPSA) is 101 Å². The smallest absolute Gasteiger partial charge is 0.253 e. The fourth-order valence-electron chi connectivity index (χ4n) is 3.18. The lowest BCUT2D eigenvalue weighted by molar-refractivity contribution is -0.126. The van der Waals surface area contributed by atoms with Crippen LogP contribution in [-0.4, -0.2) is 46.8 Å². The third kappa shape index (κ3) is 5.73. The molecule has 0 radical (unpaired) electrons. The monoisotopic (exact) mass is 395 g/mol. The standard InChI is InChI=1S/C22H25N3O4/c1-15(16-6-3-2-4-7-16)24-21(27)12-18-9-10-19(20(14-26)29-18)25-22(28)17-8-5-11-23-13-17/h2-11,13,15,18-20,26H,12,14H2,1H3,(H,24,27)(H,25,28)/t15-,18-,19+,20-/m1/s1. The van der Waals surface area contributed by atoms with E-state index in [4.69, 9.17) is 4.74 Å². The summed E-state index contributed by atoms with van der Waals surface area (Å²) < 4.78 is 5.81. The van der Waals surface area contributed by atoms with Crippen molar-refractivity contribution in [3.05, 3.63) is 78.1 Å². The Balaban J connectivity index is 1.55. The van der Waals surface area contributed by atoms with Gasteiger partial charge in [-0.1, -0.05) is 42.5 Å². The van der Waals surface area contributed by atoms with Crippen LogP contribution in [0.5, 0.6) is 0 Å². The fraction of sp³-hybridized carbons (Fsp3) is 0.318. The Hall–Kier alpha value is -3.03. The Bertz CT molecular complexity index is 842. The molecule has 2 heterocycles. The van der Waals surface area contributed by atoms with Crippen molar-refractivity contribution in [1.29, 1.82) is 0 Å². The molecule has 4 atom stereocenters. The number of benzene rings is 1. The van der Waals surface area contributed by atoms with Crippen molar-refractivity contribution in [2.75, 3.05) is 6.61 Å². The van der Waals surface area contributed by atoms with Crippen LogP contribution in [0.2, 0.25) is 0 Å². The molecule has 0 unspecified atom stereocenters. The number of amides is 2. The quantitative estimate of drug-likeness (QED) is 0.621. The lowest BCUT2D eigenvalue weighted by atomic mass is 10.0. The number of hydrogen-bond acceptors (Lipinski definition) is 5. The minimum atomic E-state index is -0.634. The Morgan fingerprint density at radius 3 is 2.66 bits per heavy atom. The number of carbonyl (C=O) groups is 2. The number of carbonyl (C=O) groups excluding carboxylic acids is 2. The summed E-state index contributed by atoms with van der Waals surface area (Å²) in [4.78, 5) is 28.6. The van der Waals surface area contributed by atoms with Crippen molar-refractivity contribution in [2.24, 2.45) is 0 Å². The summed E-state index contributed by atoms with van der Waals surface area (Å²) in [7, 11) is 0. The summed E-state index contributed by atoms with van der Waals surface area (Å²) in [6, 6.07) is 12.4. The molecule has 1 aliphatic heterocycles. The van der Waals surface area contributed by atoms with Crippen molar-refractivity contribution in [3.63, 3.8) is 0 Å². The van der Waals surface area contributed by atoms with Gasteiger partial charge in [-0.25, -0.2) is 0 Å². The van der Waals surface area contributed by atoms with Crippen LogP contribution in [0, 0.1) is 0 Å². The first-order valence-electron chi connectivity index (χ1n) is 9.56. The molecule has 7 heteroatoms. The van der Waals surface area contributed by atoms with Gasteiger partial charge in [-0.3, -0.25) is 14.6 Å². The van der Waals surface area contributed by atoms with Gasteiger partial charge in [0.1, 0.15) is 6.10 Å². The fourth-order valence-corrected chi connectivity index (χ4v) is 3.18. The highest BCUT2D eigenvalue weighted by molar-refractivity contribution is 5.94. The van der Waals surface area contributed by atoms with E-state index in [9.17, 15) is 14.7 Å². The minimum Gasteiger partial charge on any atom is -0.394 e. The molecule has 2 aromatic rings. The predicted octanol–water partition coefficient (Wildman–Crippen LogP) is 1.76. The zero-order valence-corrected chi connectivity index (χ0v) is 16.2. The molecule has 0 bridgehead atoms. The molecule has 1 aromatic heterocycles. The van der Waals surface area contributed by atoms with Gasteiger partial charge in [-0.15, -0.1) is 0 Å². The zero-order valence-electron chi connectivity index (χ0n) is 16.2. The maximum atomic E-state index is 12.4. The molecule has 0 fully saturated rings. The number of hydrogen-bond donors (Lipinski definition) is 3. The third-order valence-corrected chi connectivity index (χ3v) is 4.75. The van der Waals surface area contributed by atoms with Crippen LogP contribution in [-0.2, 0) is 9.53 Å². The zero-order chi connectivity index (χ0) is 20.6. The second-order valence-corrected chi connectivity index (χ2v) is 6.93. The molecule has 2 amide bonds. The number of nitrogens with one attached hydrogen (secondary N) is 2. The van der Waals surface area contributed by atoms with Gasteiger partial charge in [0, 0.05) is 12.4 Å². The maximum Gasteiger partial charge on any atom is 0.253 e. The first kappa shape index (κ1) is 20.7. The van der Waals surface area contributed by atoms with Crippen LogP contribution >= 0.6 is 0 Å². The van der Waals surface area contributed by atoms with E-state index in [1.54, 1.807) is 30.5 Å². The van der Waals surface area contributed by atoms with E-state index in [1.807, 2.05) is 37.3 Å². The Morgan fingerprint density at radius 1 is 1.17 bits per heavy atom. The number of aliphatic hydroxyl groups excluding tert-OH is 1. The summed E-state index contributed by atoms with van der Waals surface area (Å²) in [5.74, 6) is -0.451. The van der Waals surface area contributed by atoms with Gasteiger partial charge >= 0.3 is 0 Å². The van der Waals surface area contributed by atoms with Crippen LogP contribution in [0.15, 0.2) is 67.0 Å². The summed E-state index contributed by atoms with van der Waals surface area (Å²) in [6.45, 7) is 1.65. The Labute approximate surface area is 169 Å². The minimum absolute atomic E-state index is 0.114. The van der Waals surface area contributed by atoms with Crippen LogP contribution in [0.1, 0.15) is 35.3 Å². The number of rotatable bonds is 7. The van der Waals surface area contributed by atoms with E-state index < -0.39 is 18.2 Å². The first-order chi connectivity index (χ1) is 14.1. The molecule has 1 aliphatic rings. The molecule has 0 aliphatic carbocycles. The molecular formula is C22H25N3O4. The first-order valence-corrected chi connectivity index (χ1v) is 9.56. The van der Waals surface area contributed by atoms with Crippen molar-refractivity contribution < 1.29 is 19.4 Å². The Morgan fingerprint density at radius 2 is 1.97 bits per heavy atom. The highest BCUT2D eigenvalue weighted by Gasteiger charge is 2.29. The van der Waals surface area contributed by atoms with Crippen molar-refractivity contribution in [1.82, 2.24) is 15.6 Å². The van der Waals surface area contributed by atoms with Gasteiger partial charge in [0.2, 0.25) is 5.91 Å². The van der Waals surface area contributed by atoms with Gasteiger partial charge < -0.3 is 20.5 Å². The molecule has 29 heavy (non-hydrogen) atoms. The summed E-state index contributed by atoms with van der Waals surface area (Å²) in [6.07, 6.45) is 5.59. The second kappa shape index (κ2) is 9.95. The van der Waals surface area contributed by atoms with Gasteiger partial charge in [0.25, 0.3) is 5.91 Å². The van der Waals surface area contributed by atoms with Crippen molar-refractivity contribution >= 4 is 11.8 Å². The Kier molecular flexibility index (Phi) is 7.10. The molecule has 3 N–H and O–H groups in total. The number of aliphatic hydroxyl groups is 1. The van der Waals surface area contributed by atoms with Crippen LogP contribution in [0.3, 0.4) is 0 Å². The van der Waals surface area contributed by atoms with Crippen LogP contribution < -0.4 is 10.6 Å². The molecule has 7 nitrogen and oxygen atoms in total. The molecule has 152 valence electrons. The summed E-state index contributed by atoms with van der Waals surface area (Å²) >= 11 is 0. The normalized spacial score (nSPS) is 21.9. The van der Waals surface area contributed by atoms with E-state index in [-0.39, 0.29) is 30.9 Å². The number of nitrogens with zero attached hydrogens (tertiary/aromatic N) is 1. The largest absolute Gasteiger partial charge is 0.394 e. The highest BCUT2D eigenvalue weighted by Crippen LogP contribution is 2.17. The highest BCUT2D eigenvalue weighted by atomic mass is 16.5. The predicted molar refractivity (Wildman–Crippen MR) is 108 cm³/mol. The molecule has 3 rings (SSSR count). The van der Waals surface area contributed by atoms with E-state index in [2.05, 4.69) is 15.6 Å². The molecule has 1 aromatic carbocycles. The average Bonchev–Trinajstić information content (AvgIpc) is 2.75. The van der Waals surface area contributed by atoms with Gasteiger partial charge in [-0.2, -0.15) is 0 Å². The number of aromatic nitrogens is 1. The van der Waals surface area contributed by atoms with Gasteiger partial charge in [-0.05, 0) is 24.6 Å². The van der Waals surface area contributed by atoms with E-state index >= 15 is 0 Å². The average molecular weight is 395 g/mol. The lowest BCUT2D eigenvalue weighted by Gasteiger charge is -2.31. The summed E-state index contributed by atoms with van der Waals surface area (Å²) in [5, 5.41) is 15.4. The SMILES string of the molecule is C[C@@H](NC(=O)C[C@H]1C=C[C@H](NC(=O)c2cccnc2)[C@@H](CO)O1)c1ccccc1. The van der Waals surface area contributed by atoms with E-state index in [0.717, 1.165) is 5.56 Å². The van der Waals surface area contributed by atoms with E-state index in [1.165, 1.54) is 6.20 Å². The molecule has 0 saturated heterocycles. The van der Waals surface area contributed by atoms with Gasteiger partial charge in [0.05, 0.1) is 36.8 Å². The molecule has 0 saturated carbocycles. The summed E-state index contributed by atoms with van der Waals surface area (Å²) in [5.41, 5.74) is 1.45. The molecular weight excluding hydrogens is 370 g/mol. The van der Waals surface area contributed by atoms with Crippen LogP contribution in [0.4, 0.5) is 0 Å². The van der Waals surface area contributed by atoms with E-state index in [0.29, 0.717) is 5.56 Å². The van der Waals surface area contributed by atoms with Crippen molar-refractivity contribution in [3.8, 4) is 0 Å². The van der Waals surface area contributed by atoms with Crippen LogP contribution in [0.25, 0.3) is 0 Å². The number of pyridine rings is 1. The van der Waals surface area contributed by atoms with Crippen molar-refractivity contribution in [2.45, 2.75) is 37.6 Å². The third-order valence-electron chi connectivity index (χ3n) is 4.75. The second-order valence-electron chi connectivity index (χ2n) is 6.93. The van der Waals surface area contributed by atoms with Gasteiger partial charge in [0.15, 0.2) is 0 Å². The lowest BCUT2D eigenvalue weighted by Crippen LogP contribution is -2.49.